The van der Waals surface area contributed by atoms with E-state index >= 15 is 0 Å². The molecular formula is C11H6ClN3. The van der Waals surface area contributed by atoms with Crippen molar-refractivity contribution in [1.82, 2.24) is 9.97 Å². The van der Waals surface area contributed by atoms with Gasteiger partial charge in [0.05, 0.1) is 11.6 Å². The highest BCUT2D eigenvalue weighted by atomic mass is 35.5. The second kappa shape index (κ2) is 4.07. The molecule has 0 aliphatic rings. The molecule has 0 saturated carbocycles. The van der Waals surface area contributed by atoms with Crippen molar-refractivity contribution in [2.45, 2.75) is 0 Å². The van der Waals surface area contributed by atoms with Gasteiger partial charge in [0, 0.05) is 18.0 Å². The molecular weight excluding hydrogens is 210 g/mol. The molecule has 2 rings (SSSR count). The molecule has 0 amide bonds. The predicted molar refractivity (Wildman–Crippen MR) is 57.2 cm³/mol. The Morgan fingerprint density at radius 1 is 1.00 bits per heavy atom. The van der Waals surface area contributed by atoms with Crippen LogP contribution in [0.15, 0.2) is 36.7 Å². The van der Waals surface area contributed by atoms with E-state index in [0.29, 0.717) is 5.56 Å². The number of aromatic nitrogens is 2. The van der Waals surface area contributed by atoms with Gasteiger partial charge < -0.3 is 0 Å². The maximum absolute atomic E-state index is 8.64. The summed E-state index contributed by atoms with van der Waals surface area (Å²) in [7, 11) is 0. The third kappa shape index (κ3) is 2.12. The Bertz CT molecular complexity index is 497. The van der Waals surface area contributed by atoms with Gasteiger partial charge in [-0.15, -0.1) is 0 Å². The van der Waals surface area contributed by atoms with E-state index in [1.54, 1.807) is 24.5 Å². The molecule has 1 aromatic heterocycles. The zero-order valence-corrected chi connectivity index (χ0v) is 8.44. The lowest BCUT2D eigenvalue weighted by Gasteiger charge is -1.99. The van der Waals surface area contributed by atoms with E-state index in [1.807, 2.05) is 12.1 Å². The van der Waals surface area contributed by atoms with Crippen LogP contribution in [0.1, 0.15) is 5.56 Å². The first-order valence-corrected chi connectivity index (χ1v) is 4.65. The van der Waals surface area contributed by atoms with Crippen molar-refractivity contribution in [1.29, 1.82) is 5.26 Å². The van der Waals surface area contributed by atoms with Gasteiger partial charge in [-0.05, 0) is 29.3 Å². The molecule has 15 heavy (non-hydrogen) atoms. The molecule has 0 N–H and O–H groups in total. The highest BCUT2D eigenvalue weighted by molar-refractivity contribution is 6.28. The van der Waals surface area contributed by atoms with Crippen LogP contribution < -0.4 is 0 Å². The van der Waals surface area contributed by atoms with E-state index in [2.05, 4.69) is 16.0 Å². The minimum absolute atomic E-state index is 0.229. The molecule has 0 atom stereocenters. The van der Waals surface area contributed by atoms with Crippen LogP contribution >= 0.6 is 11.6 Å². The minimum atomic E-state index is 0.229. The van der Waals surface area contributed by atoms with Crippen LogP contribution in [-0.4, -0.2) is 9.97 Å². The number of benzene rings is 1. The molecule has 72 valence electrons. The SMILES string of the molecule is N#Cc1ccc(-c2cnc(Cl)nc2)cc1. The van der Waals surface area contributed by atoms with Crippen molar-refractivity contribution in [3.63, 3.8) is 0 Å². The molecule has 0 aliphatic carbocycles. The fraction of sp³-hybridized carbons (Fsp3) is 0. The van der Waals surface area contributed by atoms with E-state index < -0.39 is 0 Å². The summed E-state index contributed by atoms with van der Waals surface area (Å²) in [6.45, 7) is 0. The molecule has 1 heterocycles. The molecule has 0 radical (unpaired) electrons. The molecule has 1 aromatic carbocycles. The van der Waals surface area contributed by atoms with E-state index in [0.717, 1.165) is 11.1 Å². The maximum Gasteiger partial charge on any atom is 0.222 e. The van der Waals surface area contributed by atoms with Crippen LogP contribution in [0.25, 0.3) is 11.1 Å². The van der Waals surface area contributed by atoms with Crippen LogP contribution in [0.2, 0.25) is 5.28 Å². The van der Waals surface area contributed by atoms with Gasteiger partial charge in [0.15, 0.2) is 0 Å². The van der Waals surface area contributed by atoms with Gasteiger partial charge in [-0.3, -0.25) is 0 Å². The number of nitrogens with zero attached hydrogens (tertiary/aromatic N) is 3. The first-order valence-electron chi connectivity index (χ1n) is 4.27. The first kappa shape index (κ1) is 9.63. The van der Waals surface area contributed by atoms with E-state index in [4.69, 9.17) is 16.9 Å². The van der Waals surface area contributed by atoms with Gasteiger partial charge in [0.1, 0.15) is 0 Å². The Balaban J connectivity index is 2.38. The van der Waals surface area contributed by atoms with Gasteiger partial charge in [0.25, 0.3) is 0 Å². The summed E-state index contributed by atoms with van der Waals surface area (Å²) in [6.07, 6.45) is 3.30. The van der Waals surface area contributed by atoms with Crippen LogP contribution in [0.5, 0.6) is 0 Å². The molecule has 0 fully saturated rings. The molecule has 4 heteroatoms. The van der Waals surface area contributed by atoms with Crippen molar-refractivity contribution >= 4 is 11.6 Å². The average Bonchev–Trinajstić information content (AvgIpc) is 2.30. The summed E-state index contributed by atoms with van der Waals surface area (Å²) in [5, 5.41) is 8.87. The molecule has 0 spiro atoms. The van der Waals surface area contributed by atoms with Gasteiger partial charge in [-0.1, -0.05) is 12.1 Å². The number of halogens is 1. The number of hydrogen-bond acceptors (Lipinski definition) is 3. The van der Waals surface area contributed by atoms with Gasteiger partial charge >= 0.3 is 0 Å². The fourth-order valence-electron chi connectivity index (χ4n) is 1.20. The summed E-state index contributed by atoms with van der Waals surface area (Å²) < 4.78 is 0. The Morgan fingerprint density at radius 2 is 1.60 bits per heavy atom. The van der Waals surface area contributed by atoms with Crippen molar-refractivity contribution in [3.05, 3.63) is 47.5 Å². The summed E-state index contributed by atoms with van der Waals surface area (Å²) in [4.78, 5) is 7.77. The summed E-state index contributed by atoms with van der Waals surface area (Å²) in [5.41, 5.74) is 2.48. The minimum Gasteiger partial charge on any atom is -0.226 e. The fourth-order valence-corrected chi connectivity index (χ4v) is 1.30. The van der Waals surface area contributed by atoms with Crippen LogP contribution in [0.3, 0.4) is 0 Å². The highest BCUT2D eigenvalue weighted by Gasteiger charge is 1.99. The Labute approximate surface area is 92.0 Å². The zero-order valence-electron chi connectivity index (χ0n) is 7.68. The second-order valence-corrected chi connectivity index (χ2v) is 3.27. The first-order chi connectivity index (χ1) is 7.29. The molecule has 3 nitrogen and oxygen atoms in total. The lowest BCUT2D eigenvalue weighted by Crippen LogP contribution is -1.84. The average molecular weight is 216 g/mol. The van der Waals surface area contributed by atoms with Crippen LogP contribution in [-0.2, 0) is 0 Å². The molecule has 0 unspecified atom stereocenters. The molecule has 0 saturated heterocycles. The number of hydrogen-bond donors (Lipinski definition) is 0. The van der Waals surface area contributed by atoms with Gasteiger partial charge in [0.2, 0.25) is 5.28 Å². The molecule has 0 aliphatic heterocycles. The summed E-state index contributed by atoms with van der Waals surface area (Å²) >= 11 is 5.58. The van der Waals surface area contributed by atoms with Crippen LogP contribution in [0.4, 0.5) is 0 Å². The van der Waals surface area contributed by atoms with E-state index in [1.165, 1.54) is 0 Å². The smallest absolute Gasteiger partial charge is 0.222 e. The maximum atomic E-state index is 8.64. The Morgan fingerprint density at radius 3 is 2.13 bits per heavy atom. The monoisotopic (exact) mass is 215 g/mol. The van der Waals surface area contributed by atoms with Crippen LogP contribution in [0, 0.1) is 11.3 Å². The lowest BCUT2D eigenvalue weighted by atomic mass is 10.1. The standard InChI is InChI=1S/C11H6ClN3/c12-11-14-6-10(7-15-11)9-3-1-8(5-13)2-4-9/h1-4,6-7H. The molecule has 2 aromatic rings. The third-order valence-corrected chi connectivity index (χ3v) is 2.16. The quantitative estimate of drug-likeness (QED) is 0.688. The van der Waals surface area contributed by atoms with Crippen molar-refractivity contribution in [3.8, 4) is 17.2 Å². The largest absolute Gasteiger partial charge is 0.226 e. The van der Waals surface area contributed by atoms with Gasteiger partial charge in [-0.25, -0.2) is 9.97 Å². The van der Waals surface area contributed by atoms with E-state index in [9.17, 15) is 0 Å². The number of rotatable bonds is 1. The normalized spacial score (nSPS) is 9.60. The zero-order chi connectivity index (χ0) is 10.7. The summed E-state index contributed by atoms with van der Waals surface area (Å²) in [6, 6.07) is 9.27. The topological polar surface area (TPSA) is 49.6 Å². The lowest BCUT2D eigenvalue weighted by molar-refractivity contribution is 1.17. The predicted octanol–water partition coefficient (Wildman–Crippen LogP) is 2.67. The third-order valence-electron chi connectivity index (χ3n) is 1.97. The van der Waals surface area contributed by atoms with E-state index in [-0.39, 0.29) is 5.28 Å². The van der Waals surface area contributed by atoms with Crippen molar-refractivity contribution < 1.29 is 0 Å². The Kier molecular flexibility index (Phi) is 2.61. The second-order valence-electron chi connectivity index (χ2n) is 2.93. The van der Waals surface area contributed by atoms with Crippen molar-refractivity contribution in [2.75, 3.05) is 0 Å². The molecule has 0 bridgehead atoms. The Hall–Kier alpha value is -1.92. The summed E-state index contributed by atoms with van der Waals surface area (Å²) in [5.74, 6) is 0. The van der Waals surface area contributed by atoms with Gasteiger partial charge in [-0.2, -0.15) is 5.26 Å². The van der Waals surface area contributed by atoms with Crippen molar-refractivity contribution in [2.24, 2.45) is 0 Å². The number of nitriles is 1. The highest BCUT2D eigenvalue weighted by Crippen LogP contribution is 2.18.